The first-order chi connectivity index (χ1) is 17.8. The Kier molecular flexibility index (Phi) is 6.56. The molecule has 0 bridgehead atoms. The second-order valence-corrected chi connectivity index (χ2v) is 9.30. The number of anilines is 1. The van der Waals surface area contributed by atoms with Crippen molar-refractivity contribution in [1.82, 2.24) is 9.88 Å². The maximum absolute atomic E-state index is 13.4. The van der Waals surface area contributed by atoms with E-state index in [1.54, 1.807) is 48.7 Å². The number of carbonyl (C=O) groups excluding carboxylic acids is 1. The molecule has 1 unspecified atom stereocenters. The third kappa shape index (κ3) is 5.28. The van der Waals surface area contributed by atoms with E-state index in [0.717, 1.165) is 25.1 Å². The van der Waals surface area contributed by atoms with Gasteiger partial charge in [-0.2, -0.15) is 0 Å². The lowest BCUT2D eigenvalue weighted by Gasteiger charge is -2.25. The number of esters is 1. The van der Waals surface area contributed by atoms with Gasteiger partial charge in [-0.05, 0) is 55.3 Å². The molecule has 37 heavy (non-hydrogen) atoms. The van der Waals surface area contributed by atoms with Crippen molar-refractivity contribution in [3.8, 4) is 23.1 Å². The summed E-state index contributed by atoms with van der Waals surface area (Å²) in [6.07, 6.45) is 2.44. The first-order valence-electron chi connectivity index (χ1n) is 11.9. The highest BCUT2D eigenvalue weighted by molar-refractivity contribution is 5.93. The summed E-state index contributed by atoms with van der Waals surface area (Å²) in [4.78, 5) is 31.9. The van der Waals surface area contributed by atoms with Crippen molar-refractivity contribution >= 4 is 17.7 Å². The number of benzene rings is 2. The van der Waals surface area contributed by atoms with Gasteiger partial charge in [-0.25, -0.2) is 19.0 Å². The van der Waals surface area contributed by atoms with Crippen LogP contribution in [0.1, 0.15) is 23.2 Å². The maximum atomic E-state index is 13.4. The molecule has 1 N–H and O–H groups in total. The Bertz CT molecular complexity index is 1320. The third-order valence-corrected chi connectivity index (χ3v) is 6.82. The van der Waals surface area contributed by atoms with Crippen LogP contribution in [0.2, 0.25) is 0 Å². The van der Waals surface area contributed by atoms with Gasteiger partial charge in [0.05, 0.1) is 19.0 Å². The highest BCUT2D eigenvalue weighted by Crippen LogP contribution is 2.41. The van der Waals surface area contributed by atoms with Crippen LogP contribution >= 0.6 is 0 Å². The number of carboxylic acid groups (broad SMARTS) is 1. The quantitative estimate of drug-likeness (QED) is 0.456. The number of rotatable bonds is 6. The van der Waals surface area contributed by atoms with Crippen LogP contribution < -0.4 is 14.4 Å². The van der Waals surface area contributed by atoms with E-state index in [0.29, 0.717) is 36.9 Å². The highest BCUT2D eigenvalue weighted by atomic mass is 19.1. The zero-order valence-corrected chi connectivity index (χ0v) is 20.2. The summed E-state index contributed by atoms with van der Waals surface area (Å²) in [6.45, 7) is 2.47. The van der Waals surface area contributed by atoms with E-state index >= 15 is 0 Å². The molecular formula is C27H26FN3O6. The first-order valence-corrected chi connectivity index (χ1v) is 11.9. The predicted molar refractivity (Wildman–Crippen MR) is 132 cm³/mol. The molecule has 2 saturated heterocycles. The molecule has 3 aromatic rings. The van der Waals surface area contributed by atoms with E-state index in [9.17, 15) is 19.1 Å². The Labute approximate surface area is 213 Å². The summed E-state index contributed by atoms with van der Waals surface area (Å²) in [6, 6.07) is 14.2. The number of likely N-dealkylation sites (tertiary alicyclic amines) is 1. The summed E-state index contributed by atoms with van der Waals surface area (Å²) in [7, 11) is 1.29. The average molecular weight is 508 g/mol. The normalized spacial score (nSPS) is 18.8. The van der Waals surface area contributed by atoms with Crippen LogP contribution in [-0.2, 0) is 4.74 Å². The largest absolute Gasteiger partial charge is 0.465 e. The van der Waals surface area contributed by atoms with Crippen LogP contribution in [0.5, 0.6) is 23.1 Å². The van der Waals surface area contributed by atoms with Gasteiger partial charge in [-0.1, -0.05) is 6.07 Å². The van der Waals surface area contributed by atoms with Crippen LogP contribution in [0, 0.1) is 11.2 Å². The molecular weight excluding hydrogens is 481 g/mol. The molecule has 1 atom stereocenters. The Morgan fingerprint density at radius 2 is 1.70 bits per heavy atom. The molecule has 10 heteroatoms. The van der Waals surface area contributed by atoms with Gasteiger partial charge in [-0.15, -0.1) is 0 Å². The van der Waals surface area contributed by atoms with E-state index in [2.05, 4.69) is 9.88 Å². The molecule has 1 aromatic heterocycles. The standard InChI is InChI=1S/C27H26FN3O6/c1-35-25(32)23-14-19(30-11-9-27(16-30)10-12-31(17-27)26(33)34)15-29-24(23)37-21-7-5-20(6-8-21)36-22-4-2-3-18(28)13-22/h2-8,13-15H,9-12,16-17H2,1H3,(H,33,34). The van der Waals surface area contributed by atoms with Crippen molar-refractivity contribution in [3.63, 3.8) is 0 Å². The molecule has 192 valence electrons. The minimum Gasteiger partial charge on any atom is -0.465 e. The van der Waals surface area contributed by atoms with E-state index in [1.165, 1.54) is 24.1 Å². The lowest BCUT2D eigenvalue weighted by atomic mass is 9.86. The fourth-order valence-corrected chi connectivity index (χ4v) is 4.89. The van der Waals surface area contributed by atoms with Crippen LogP contribution in [-0.4, -0.2) is 60.3 Å². The van der Waals surface area contributed by atoms with Crippen molar-refractivity contribution in [1.29, 1.82) is 0 Å². The number of hydrogen-bond donors (Lipinski definition) is 1. The topological polar surface area (TPSA) is 101 Å². The smallest absolute Gasteiger partial charge is 0.407 e. The van der Waals surface area contributed by atoms with Crippen LogP contribution in [0.15, 0.2) is 60.8 Å². The minimum absolute atomic E-state index is 0.0890. The van der Waals surface area contributed by atoms with Crippen molar-refractivity contribution in [2.75, 3.05) is 38.2 Å². The predicted octanol–water partition coefficient (Wildman–Crippen LogP) is 5.17. The van der Waals surface area contributed by atoms with Gasteiger partial charge in [0.1, 0.15) is 28.6 Å². The number of amides is 1. The lowest BCUT2D eigenvalue weighted by Crippen LogP contribution is -2.33. The maximum Gasteiger partial charge on any atom is 0.407 e. The molecule has 9 nitrogen and oxygen atoms in total. The molecule has 1 spiro atoms. The second-order valence-electron chi connectivity index (χ2n) is 9.30. The summed E-state index contributed by atoms with van der Waals surface area (Å²) < 4.78 is 29.9. The zero-order valence-electron chi connectivity index (χ0n) is 20.2. The van der Waals surface area contributed by atoms with Gasteiger partial charge in [-0.3, -0.25) is 0 Å². The van der Waals surface area contributed by atoms with Gasteiger partial charge in [0, 0.05) is 37.7 Å². The van der Waals surface area contributed by atoms with E-state index in [1.807, 2.05) is 0 Å². The van der Waals surface area contributed by atoms with Crippen LogP contribution in [0.25, 0.3) is 0 Å². The summed E-state index contributed by atoms with van der Waals surface area (Å²) in [5.41, 5.74) is 0.839. The Balaban J connectivity index is 1.30. The number of nitrogens with zero attached hydrogens (tertiary/aromatic N) is 3. The van der Waals surface area contributed by atoms with Crippen molar-refractivity contribution in [2.45, 2.75) is 12.8 Å². The van der Waals surface area contributed by atoms with Crippen molar-refractivity contribution in [3.05, 3.63) is 72.2 Å². The molecule has 2 aliphatic rings. The number of pyridine rings is 1. The zero-order chi connectivity index (χ0) is 26.0. The summed E-state index contributed by atoms with van der Waals surface area (Å²) in [5, 5.41) is 9.32. The van der Waals surface area contributed by atoms with Gasteiger partial charge in [0.2, 0.25) is 5.88 Å². The van der Waals surface area contributed by atoms with Gasteiger partial charge >= 0.3 is 12.1 Å². The lowest BCUT2D eigenvalue weighted by molar-refractivity contribution is 0.0597. The van der Waals surface area contributed by atoms with Gasteiger partial charge < -0.3 is 29.1 Å². The fourth-order valence-electron chi connectivity index (χ4n) is 4.89. The molecule has 3 heterocycles. The number of methoxy groups -OCH3 is 1. The van der Waals surface area contributed by atoms with Crippen LogP contribution in [0.3, 0.4) is 0 Å². The number of carbonyl (C=O) groups is 2. The van der Waals surface area contributed by atoms with E-state index in [-0.39, 0.29) is 16.9 Å². The van der Waals surface area contributed by atoms with Crippen molar-refractivity contribution in [2.24, 2.45) is 5.41 Å². The monoisotopic (exact) mass is 507 g/mol. The Hall–Kier alpha value is -4.34. The van der Waals surface area contributed by atoms with Crippen molar-refractivity contribution < 1.29 is 33.3 Å². The number of aromatic nitrogens is 1. The SMILES string of the molecule is COC(=O)c1cc(N2CCC3(CCN(C(=O)O)C3)C2)cnc1Oc1ccc(Oc2cccc(F)c2)cc1. The molecule has 1 amide bonds. The number of ether oxygens (including phenoxy) is 3. The summed E-state index contributed by atoms with van der Waals surface area (Å²) >= 11 is 0. The first kappa shape index (κ1) is 24.4. The Morgan fingerprint density at radius 3 is 2.38 bits per heavy atom. The molecule has 2 aromatic carbocycles. The van der Waals surface area contributed by atoms with Crippen LogP contribution in [0.4, 0.5) is 14.9 Å². The molecule has 5 rings (SSSR count). The second kappa shape index (κ2) is 9.96. The molecule has 0 radical (unpaired) electrons. The molecule has 2 fully saturated rings. The van der Waals surface area contributed by atoms with Gasteiger partial charge in [0.25, 0.3) is 0 Å². The molecule has 0 aliphatic carbocycles. The average Bonchev–Trinajstić information content (AvgIpc) is 3.52. The number of hydrogen-bond acceptors (Lipinski definition) is 7. The van der Waals surface area contributed by atoms with Gasteiger partial charge in [0.15, 0.2) is 0 Å². The highest BCUT2D eigenvalue weighted by Gasteiger charge is 2.45. The third-order valence-electron chi connectivity index (χ3n) is 6.82. The van der Waals surface area contributed by atoms with E-state index in [4.69, 9.17) is 14.2 Å². The summed E-state index contributed by atoms with van der Waals surface area (Å²) in [5.74, 6) is 0.416. The molecule has 0 saturated carbocycles. The molecule has 2 aliphatic heterocycles. The fraction of sp³-hybridized carbons (Fsp3) is 0.296. The minimum atomic E-state index is -0.889. The number of halogens is 1. The van der Waals surface area contributed by atoms with E-state index < -0.39 is 17.9 Å². The Morgan fingerprint density at radius 1 is 0.973 bits per heavy atom.